The minimum atomic E-state index is -4.63. The van der Waals surface area contributed by atoms with Crippen LogP contribution in [0.2, 0.25) is 5.02 Å². The van der Waals surface area contributed by atoms with Crippen LogP contribution in [0.1, 0.15) is 30.1 Å². The van der Waals surface area contributed by atoms with Gasteiger partial charge in [0.05, 0.1) is 10.6 Å². The molecule has 0 saturated carbocycles. The van der Waals surface area contributed by atoms with Crippen LogP contribution in [0.5, 0.6) is 0 Å². The maximum absolute atomic E-state index is 13.6. The molecule has 0 radical (unpaired) electrons. The normalized spacial score (nSPS) is 19.1. The first-order valence-electron chi connectivity index (χ1n) is 6.07. The summed E-state index contributed by atoms with van der Waals surface area (Å²) < 4.78 is 49.8. The molecule has 1 aromatic rings. The van der Waals surface area contributed by atoms with E-state index >= 15 is 0 Å². The van der Waals surface area contributed by atoms with Gasteiger partial charge in [-0.25, -0.2) is 17.2 Å². The Labute approximate surface area is 130 Å². The van der Waals surface area contributed by atoms with E-state index in [1.54, 1.807) is 6.92 Å². The summed E-state index contributed by atoms with van der Waals surface area (Å²) in [6.45, 7) is 2.25. The van der Waals surface area contributed by atoms with Crippen LogP contribution in [0.15, 0.2) is 11.0 Å². The molecule has 4 nitrogen and oxygen atoms in total. The second kappa shape index (κ2) is 5.70. The maximum Gasteiger partial charge on any atom is 0.265 e. The molecule has 21 heavy (non-hydrogen) atoms. The van der Waals surface area contributed by atoms with E-state index < -0.39 is 42.1 Å². The fourth-order valence-electron chi connectivity index (χ4n) is 2.34. The molecule has 2 rings (SSSR count). The zero-order valence-corrected chi connectivity index (χ0v) is 13.2. The van der Waals surface area contributed by atoms with Crippen LogP contribution < -0.4 is 0 Å². The quantitative estimate of drug-likeness (QED) is 0.603. The van der Waals surface area contributed by atoms with Gasteiger partial charge in [-0.15, -0.1) is 0 Å². The summed E-state index contributed by atoms with van der Waals surface area (Å²) in [5, 5.41) is -0.701. The van der Waals surface area contributed by atoms with E-state index in [1.807, 2.05) is 0 Å². The van der Waals surface area contributed by atoms with E-state index in [2.05, 4.69) is 0 Å². The minimum absolute atomic E-state index is 0.0854. The number of nitrogens with zero attached hydrogens (tertiary/aromatic N) is 1. The number of hydrogen-bond acceptors (Lipinski definition) is 3. The van der Waals surface area contributed by atoms with Gasteiger partial charge < -0.3 is 4.90 Å². The molecule has 1 amide bonds. The number of hydrogen-bond donors (Lipinski definition) is 0. The Balaban J connectivity index is 2.61. The predicted molar refractivity (Wildman–Crippen MR) is 74.1 cm³/mol. The van der Waals surface area contributed by atoms with Crippen molar-refractivity contribution in [2.75, 3.05) is 6.54 Å². The van der Waals surface area contributed by atoms with Crippen molar-refractivity contribution < 1.29 is 22.0 Å². The number of carbonyl (C=O) groups excluding carboxylic acids is 1. The lowest BCUT2D eigenvalue weighted by Crippen LogP contribution is -2.34. The molecule has 1 aromatic carbocycles. The third-order valence-electron chi connectivity index (χ3n) is 3.40. The molecule has 1 atom stereocenters. The summed E-state index contributed by atoms with van der Waals surface area (Å²) in [6, 6.07) is 0.508. The molecular weight excluding hydrogens is 347 g/mol. The van der Waals surface area contributed by atoms with Crippen molar-refractivity contribution in [1.82, 2.24) is 4.90 Å². The Morgan fingerprint density at radius 3 is 2.52 bits per heavy atom. The smallest absolute Gasteiger partial charge is 0.265 e. The second-order valence-corrected chi connectivity index (χ2v) is 7.67. The van der Waals surface area contributed by atoms with Crippen LogP contribution in [0.25, 0.3) is 0 Å². The standard InChI is InChI=1S/C12H11Cl2F2NO3S/c1-6-3-2-4-17(6)12(18)7-5-8(15)10(16)11(9(7)13)21(14,19)20/h5-6H,2-4H2,1H3. The lowest BCUT2D eigenvalue weighted by atomic mass is 10.1. The highest BCUT2D eigenvalue weighted by Gasteiger charge is 2.33. The topological polar surface area (TPSA) is 54.5 Å². The van der Waals surface area contributed by atoms with E-state index in [1.165, 1.54) is 4.90 Å². The van der Waals surface area contributed by atoms with Crippen molar-refractivity contribution in [3.05, 3.63) is 28.3 Å². The van der Waals surface area contributed by atoms with Gasteiger partial charge in [0.1, 0.15) is 4.90 Å². The second-order valence-electron chi connectivity index (χ2n) is 4.79. The highest BCUT2D eigenvalue weighted by Crippen LogP contribution is 2.34. The van der Waals surface area contributed by atoms with Crippen LogP contribution in [0, 0.1) is 11.6 Å². The van der Waals surface area contributed by atoms with Gasteiger partial charge in [0.25, 0.3) is 15.0 Å². The Morgan fingerprint density at radius 1 is 1.43 bits per heavy atom. The highest BCUT2D eigenvalue weighted by atomic mass is 35.7. The lowest BCUT2D eigenvalue weighted by molar-refractivity contribution is 0.0746. The number of benzene rings is 1. The van der Waals surface area contributed by atoms with Crippen molar-refractivity contribution >= 4 is 37.2 Å². The molecule has 0 N–H and O–H groups in total. The van der Waals surface area contributed by atoms with Crippen molar-refractivity contribution in [1.29, 1.82) is 0 Å². The molecule has 0 bridgehead atoms. The summed E-state index contributed by atoms with van der Waals surface area (Å²) in [4.78, 5) is 12.6. The molecule has 9 heteroatoms. The third-order valence-corrected chi connectivity index (χ3v) is 5.24. The summed E-state index contributed by atoms with van der Waals surface area (Å²) in [5.74, 6) is -3.83. The molecule has 0 spiro atoms. The predicted octanol–water partition coefficient (Wildman–Crippen LogP) is 3.17. The van der Waals surface area contributed by atoms with Gasteiger partial charge in [-0.05, 0) is 25.8 Å². The Kier molecular flexibility index (Phi) is 4.46. The monoisotopic (exact) mass is 357 g/mol. The lowest BCUT2D eigenvalue weighted by Gasteiger charge is -2.22. The average molecular weight is 358 g/mol. The van der Waals surface area contributed by atoms with Crippen LogP contribution >= 0.6 is 22.3 Å². The van der Waals surface area contributed by atoms with Gasteiger partial charge in [0.2, 0.25) is 0 Å². The molecule has 1 fully saturated rings. The molecule has 1 aliphatic rings. The van der Waals surface area contributed by atoms with Crippen molar-refractivity contribution in [2.24, 2.45) is 0 Å². The van der Waals surface area contributed by atoms with Gasteiger partial charge in [0.15, 0.2) is 11.6 Å². The molecule has 0 aromatic heterocycles. The number of halogens is 4. The highest BCUT2D eigenvalue weighted by molar-refractivity contribution is 8.13. The minimum Gasteiger partial charge on any atom is -0.336 e. The molecule has 1 saturated heterocycles. The van der Waals surface area contributed by atoms with Gasteiger partial charge in [0, 0.05) is 23.3 Å². The van der Waals surface area contributed by atoms with Crippen molar-refractivity contribution in [3.8, 4) is 0 Å². The molecule has 0 aliphatic carbocycles. The molecule has 1 aliphatic heterocycles. The molecule has 1 unspecified atom stereocenters. The zero-order valence-electron chi connectivity index (χ0n) is 10.9. The first kappa shape index (κ1) is 16.5. The SMILES string of the molecule is CC1CCCN1C(=O)c1cc(F)c(F)c(S(=O)(=O)Cl)c1Cl. The fourth-order valence-corrected chi connectivity index (χ4v) is 4.05. The molecule has 1 heterocycles. The van der Waals surface area contributed by atoms with Crippen LogP contribution in [0.3, 0.4) is 0 Å². The summed E-state index contributed by atoms with van der Waals surface area (Å²) in [6.07, 6.45) is 1.54. The van der Waals surface area contributed by atoms with E-state index in [4.69, 9.17) is 22.3 Å². The van der Waals surface area contributed by atoms with Crippen LogP contribution in [0.4, 0.5) is 8.78 Å². The Hall–Kier alpha value is -0.920. The summed E-state index contributed by atoms with van der Waals surface area (Å²) in [7, 11) is 0.437. The van der Waals surface area contributed by atoms with Crippen LogP contribution in [-0.4, -0.2) is 31.8 Å². The number of carbonyl (C=O) groups is 1. The molecule has 116 valence electrons. The number of amides is 1. The Morgan fingerprint density at radius 2 is 2.05 bits per heavy atom. The van der Waals surface area contributed by atoms with Crippen molar-refractivity contribution in [2.45, 2.75) is 30.7 Å². The van der Waals surface area contributed by atoms with Crippen molar-refractivity contribution in [3.63, 3.8) is 0 Å². The fraction of sp³-hybridized carbons (Fsp3) is 0.417. The molecular formula is C12H11Cl2F2NO3S. The van der Waals surface area contributed by atoms with Crippen LogP contribution in [-0.2, 0) is 9.05 Å². The van der Waals surface area contributed by atoms with Gasteiger partial charge >= 0.3 is 0 Å². The van der Waals surface area contributed by atoms with E-state index in [9.17, 15) is 22.0 Å². The van der Waals surface area contributed by atoms with Gasteiger partial charge in [-0.1, -0.05) is 11.6 Å². The first-order valence-corrected chi connectivity index (χ1v) is 8.76. The van der Waals surface area contributed by atoms with E-state index in [-0.39, 0.29) is 6.04 Å². The van der Waals surface area contributed by atoms with Gasteiger partial charge in [-0.3, -0.25) is 4.79 Å². The maximum atomic E-state index is 13.6. The first-order chi connectivity index (χ1) is 9.64. The van der Waals surface area contributed by atoms with E-state index in [0.29, 0.717) is 12.6 Å². The van der Waals surface area contributed by atoms with E-state index in [0.717, 1.165) is 12.8 Å². The Bertz CT molecular complexity index is 709. The summed E-state index contributed by atoms with van der Waals surface area (Å²) >= 11 is 5.77. The third kappa shape index (κ3) is 3.00. The number of rotatable bonds is 2. The average Bonchev–Trinajstić information content (AvgIpc) is 2.78. The van der Waals surface area contributed by atoms with Gasteiger partial charge in [-0.2, -0.15) is 0 Å². The largest absolute Gasteiger partial charge is 0.336 e. The summed E-state index contributed by atoms with van der Waals surface area (Å²) in [5.41, 5.74) is -0.413. The zero-order chi connectivity index (χ0) is 15.9. The number of likely N-dealkylation sites (tertiary alicyclic amines) is 1.